The summed E-state index contributed by atoms with van der Waals surface area (Å²) in [5.41, 5.74) is -3.69. The van der Waals surface area contributed by atoms with E-state index in [1.54, 1.807) is 0 Å². The molecule has 0 amide bonds. The van der Waals surface area contributed by atoms with Crippen molar-refractivity contribution in [1.29, 1.82) is 0 Å². The first-order chi connectivity index (χ1) is 27.2. The second-order valence-electron chi connectivity index (χ2n) is 15.7. The highest BCUT2D eigenvalue weighted by Crippen LogP contribution is 2.54. The minimum Gasteiger partial charge on any atom is -0.290 e. The monoisotopic (exact) mass is 950 g/mol. The maximum atomic E-state index is 14.2. The zero-order chi connectivity index (χ0) is 42.5. The van der Waals surface area contributed by atoms with Crippen LogP contribution in [0.5, 0.6) is 0 Å². The average molecular weight is 951 g/mol. The van der Waals surface area contributed by atoms with E-state index in [1.807, 2.05) is 0 Å². The lowest BCUT2D eigenvalue weighted by Gasteiger charge is -2.27. The fourth-order valence-corrected chi connectivity index (χ4v) is 16.9. The lowest BCUT2D eigenvalue weighted by atomic mass is 9.98. The molecule has 0 aromatic carbocycles. The molecule has 4 fully saturated rings. The van der Waals surface area contributed by atoms with E-state index in [-0.39, 0.29) is 12.8 Å². The van der Waals surface area contributed by atoms with E-state index in [2.05, 4.69) is 0 Å². The zero-order valence-electron chi connectivity index (χ0n) is 33.7. The third-order valence-corrected chi connectivity index (χ3v) is 20.2. The van der Waals surface area contributed by atoms with Gasteiger partial charge in [0.25, 0.3) is 40.5 Å². The predicted molar refractivity (Wildman–Crippen MR) is 215 cm³/mol. The number of rotatable bonds is 25. The first kappa shape index (κ1) is 50.6. The van der Waals surface area contributed by atoms with E-state index < -0.39 is 115 Å². The Morgan fingerprint density at radius 3 is 0.966 bits per heavy atom. The van der Waals surface area contributed by atoms with Gasteiger partial charge in [0, 0.05) is 0 Å². The standard InChI is InChI=1S/C34H64O18P2S4/c1-29(57(41,42)51-33-21-11-5-12-22-33)47-53(35,45-27-55(37,38)49-31-17-7-3-8-18-31)25-15-16-26-54(36,46-28-56(39,40)50-32-19-9-4-10-20-32)48-30(2)58(43,44)52-34-23-13-6-14-24-34/h29-34H,3-28H2,1-2H3. The van der Waals surface area contributed by atoms with Gasteiger partial charge in [0.1, 0.15) is 0 Å². The second kappa shape index (κ2) is 23.0. The van der Waals surface area contributed by atoms with E-state index in [1.165, 1.54) is 0 Å². The third kappa shape index (κ3) is 18.0. The molecule has 0 N–H and O–H groups in total. The lowest BCUT2D eigenvalue weighted by Crippen LogP contribution is -2.30. The fraction of sp³-hybridized carbons (Fsp3) is 1.00. The summed E-state index contributed by atoms with van der Waals surface area (Å²) in [5, 5.41) is 0. The van der Waals surface area contributed by atoms with Crippen molar-refractivity contribution in [2.24, 2.45) is 0 Å². The summed E-state index contributed by atoms with van der Waals surface area (Å²) < 4.78 is 175. The maximum absolute atomic E-state index is 14.2. The zero-order valence-corrected chi connectivity index (χ0v) is 38.8. The first-order valence-corrected chi connectivity index (χ1v) is 30.2. The summed E-state index contributed by atoms with van der Waals surface area (Å²) in [4.78, 5) is 0. The summed E-state index contributed by atoms with van der Waals surface area (Å²) >= 11 is 0. The molecular weight excluding hydrogens is 887 g/mol. The number of unbranched alkanes of at least 4 members (excludes halogenated alkanes) is 1. The van der Waals surface area contributed by atoms with Gasteiger partial charge in [-0.2, -0.15) is 33.7 Å². The van der Waals surface area contributed by atoms with Crippen molar-refractivity contribution >= 4 is 55.7 Å². The quantitative estimate of drug-likeness (QED) is 0.0487. The molecule has 58 heavy (non-hydrogen) atoms. The minimum atomic E-state index is -4.62. The van der Waals surface area contributed by atoms with Crippen LogP contribution in [-0.2, 0) is 84.4 Å². The average Bonchev–Trinajstić information content (AvgIpc) is 3.16. The molecule has 0 bridgehead atoms. The van der Waals surface area contributed by atoms with Gasteiger partial charge in [-0.05, 0) is 78.1 Å². The molecule has 0 aliphatic heterocycles. The fourth-order valence-electron chi connectivity index (χ4n) is 7.41. The maximum Gasteiger partial charge on any atom is 0.333 e. The summed E-state index contributed by atoms with van der Waals surface area (Å²) in [5.74, 6) is -2.42. The summed E-state index contributed by atoms with van der Waals surface area (Å²) in [7, 11) is -27.0. The normalized spacial score (nSPS) is 23.8. The van der Waals surface area contributed by atoms with Crippen molar-refractivity contribution < 1.29 is 77.6 Å². The molecule has 24 heteroatoms. The van der Waals surface area contributed by atoms with Gasteiger partial charge in [0.15, 0.2) is 22.7 Å². The Hall–Kier alpha value is -0.0600. The van der Waals surface area contributed by atoms with E-state index >= 15 is 0 Å². The van der Waals surface area contributed by atoms with Crippen LogP contribution in [0.1, 0.15) is 155 Å². The summed E-state index contributed by atoms with van der Waals surface area (Å²) in [6.07, 6.45) is 9.89. The van der Waals surface area contributed by atoms with Crippen LogP contribution in [0.15, 0.2) is 0 Å². The van der Waals surface area contributed by atoms with Crippen LogP contribution in [-0.4, -0.2) is 93.2 Å². The highest BCUT2D eigenvalue weighted by molar-refractivity contribution is 7.88. The van der Waals surface area contributed by atoms with Crippen molar-refractivity contribution in [2.45, 2.75) is 190 Å². The SMILES string of the molecule is CC(OP(=O)(CCCCP(=O)(OCS(=O)(=O)OC1CCCCC1)OC(C)S(=O)(=O)OC1CCCCC1)OCS(=O)(=O)OC1CCCCC1)S(=O)(=O)OC1CCCCC1. The van der Waals surface area contributed by atoms with Gasteiger partial charge in [0.2, 0.25) is 0 Å². The molecule has 0 spiro atoms. The van der Waals surface area contributed by atoms with Crippen molar-refractivity contribution in [3.63, 3.8) is 0 Å². The molecular formula is C34H64O18P2S4. The van der Waals surface area contributed by atoms with Crippen LogP contribution >= 0.6 is 15.2 Å². The minimum absolute atomic E-state index is 0.237. The van der Waals surface area contributed by atoms with Gasteiger partial charge < -0.3 is 0 Å². The molecule has 18 nitrogen and oxygen atoms in total. The molecule has 0 aromatic rings. The Bertz CT molecular complexity index is 1670. The van der Waals surface area contributed by atoms with Crippen LogP contribution in [0, 0.1) is 0 Å². The molecule has 4 aliphatic carbocycles. The molecule has 4 rings (SSSR count). The highest BCUT2D eigenvalue weighted by Gasteiger charge is 2.40. The van der Waals surface area contributed by atoms with Crippen LogP contribution in [0.3, 0.4) is 0 Å². The predicted octanol–water partition coefficient (Wildman–Crippen LogP) is 7.54. The van der Waals surface area contributed by atoms with Crippen LogP contribution in [0.25, 0.3) is 0 Å². The topological polar surface area (TPSA) is 245 Å². The number of hydrogen-bond donors (Lipinski definition) is 0. The molecule has 0 heterocycles. The van der Waals surface area contributed by atoms with E-state index in [0.29, 0.717) is 51.4 Å². The molecule has 0 radical (unpaired) electrons. The van der Waals surface area contributed by atoms with Gasteiger partial charge in [-0.3, -0.25) is 44.0 Å². The molecule has 0 saturated heterocycles. The Balaban J connectivity index is 1.46. The van der Waals surface area contributed by atoms with Crippen molar-refractivity contribution in [1.82, 2.24) is 0 Å². The van der Waals surface area contributed by atoms with Crippen molar-refractivity contribution in [2.75, 3.05) is 24.2 Å². The van der Waals surface area contributed by atoms with Gasteiger partial charge in [-0.1, -0.05) is 77.0 Å². The van der Waals surface area contributed by atoms with Gasteiger partial charge in [-0.25, -0.2) is 0 Å². The van der Waals surface area contributed by atoms with Crippen LogP contribution < -0.4 is 0 Å². The second-order valence-corrected chi connectivity index (χ2v) is 26.8. The third-order valence-electron chi connectivity index (χ3n) is 10.6. The van der Waals surface area contributed by atoms with Crippen LogP contribution in [0.4, 0.5) is 0 Å². The molecule has 0 aromatic heterocycles. The van der Waals surface area contributed by atoms with Crippen LogP contribution in [0.2, 0.25) is 0 Å². The summed E-state index contributed by atoms with van der Waals surface area (Å²) in [6.45, 7) is 2.17. The Kier molecular flexibility index (Phi) is 20.1. The smallest absolute Gasteiger partial charge is 0.290 e. The molecule has 4 aliphatic rings. The first-order valence-electron chi connectivity index (χ1n) is 20.7. The van der Waals surface area contributed by atoms with E-state index in [0.717, 1.165) is 90.9 Å². The Labute approximate surface area is 346 Å². The highest BCUT2D eigenvalue weighted by atomic mass is 32.2. The van der Waals surface area contributed by atoms with Gasteiger partial charge in [0.05, 0.1) is 36.7 Å². The van der Waals surface area contributed by atoms with Gasteiger partial charge >= 0.3 is 15.2 Å². The molecule has 342 valence electrons. The Morgan fingerprint density at radius 1 is 0.431 bits per heavy atom. The van der Waals surface area contributed by atoms with E-state index in [9.17, 15) is 42.8 Å². The van der Waals surface area contributed by atoms with Crippen molar-refractivity contribution in [3.05, 3.63) is 0 Å². The molecule has 4 unspecified atom stereocenters. The largest absolute Gasteiger partial charge is 0.333 e. The summed E-state index contributed by atoms with van der Waals surface area (Å²) in [6, 6.07) is 0. The van der Waals surface area contributed by atoms with Gasteiger partial charge in [-0.15, -0.1) is 0 Å². The van der Waals surface area contributed by atoms with E-state index in [4.69, 9.17) is 34.8 Å². The molecule has 4 atom stereocenters. The Morgan fingerprint density at radius 2 is 0.690 bits per heavy atom. The molecule has 4 saturated carbocycles. The lowest BCUT2D eigenvalue weighted by molar-refractivity contribution is 0.135. The van der Waals surface area contributed by atoms with Crippen molar-refractivity contribution in [3.8, 4) is 0 Å². The number of hydrogen-bond acceptors (Lipinski definition) is 18.